The first-order valence-corrected chi connectivity index (χ1v) is 9.29. The van der Waals surface area contributed by atoms with E-state index in [1.54, 1.807) is 23.2 Å². The molecule has 0 aliphatic carbocycles. The monoisotopic (exact) mass is 398 g/mol. The average Bonchev–Trinajstić information content (AvgIpc) is 3.24. The fraction of sp³-hybridized carbons (Fsp3) is 0.263. The minimum atomic E-state index is -0.277. The number of amides is 1. The summed E-state index contributed by atoms with van der Waals surface area (Å²) in [7, 11) is 0. The number of ether oxygens (including phenoxy) is 1. The van der Waals surface area contributed by atoms with Crippen LogP contribution in [-0.4, -0.2) is 51.7 Å². The maximum absolute atomic E-state index is 12.4. The number of aromatic nitrogens is 4. The van der Waals surface area contributed by atoms with Crippen LogP contribution in [0.15, 0.2) is 49.2 Å². The number of anilines is 1. The number of imidazole rings is 1. The zero-order valence-electron chi connectivity index (χ0n) is 15.1. The molecule has 1 N–H and O–H groups in total. The summed E-state index contributed by atoms with van der Waals surface area (Å²) in [6.45, 7) is 3.27. The van der Waals surface area contributed by atoms with Gasteiger partial charge in [-0.15, -0.1) is 0 Å². The first-order valence-electron chi connectivity index (χ1n) is 8.91. The zero-order valence-corrected chi connectivity index (χ0v) is 15.8. The van der Waals surface area contributed by atoms with E-state index in [2.05, 4.69) is 25.2 Å². The minimum Gasteiger partial charge on any atom is -0.378 e. The van der Waals surface area contributed by atoms with Crippen LogP contribution in [0.3, 0.4) is 0 Å². The maximum atomic E-state index is 12.4. The summed E-state index contributed by atoms with van der Waals surface area (Å²) in [4.78, 5) is 27.4. The Hall–Kier alpha value is -2.97. The summed E-state index contributed by atoms with van der Waals surface area (Å²) < 4.78 is 7.08. The number of rotatable bonds is 5. The fourth-order valence-electron chi connectivity index (χ4n) is 2.92. The van der Waals surface area contributed by atoms with Gasteiger partial charge in [-0.25, -0.2) is 15.0 Å². The van der Waals surface area contributed by atoms with Gasteiger partial charge in [-0.3, -0.25) is 9.36 Å². The topological polar surface area (TPSA) is 85.2 Å². The van der Waals surface area contributed by atoms with Crippen LogP contribution in [0.2, 0.25) is 5.02 Å². The number of morpholine rings is 1. The summed E-state index contributed by atoms with van der Waals surface area (Å²) in [5, 5.41) is 3.45. The van der Waals surface area contributed by atoms with E-state index in [4.69, 9.17) is 16.3 Å². The number of benzene rings is 1. The summed E-state index contributed by atoms with van der Waals surface area (Å²) in [5.41, 5.74) is 1.15. The Balaban J connectivity index is 1.45. The predicted octanol–water partition coefficient (Wildman–Crippen LogP) is 2.08. The number of nitrogens with zero attached hydrogens (tertiary/aromatic N) is 5. The van der Waals surface area contributed by atoms with E-state index < -0.39 is 0 Å². The minimum absolute atomic E-state index is 0.277. The number of carbonyl (C=O) groups excluding carboxylic acids is 1. The van der Waals surface area contributed by atoms with Crippen LogP contribution in [0.1, 0.15) is 16.1 Å². The van der Waals surface area contributed by atoms with Crippen molar-refractivity contribution in [2.45, 2.75) is 6.54 Å². The number of carbonyl (C=O) groups is 1. The van der Waals surface area contributed by atoms with Crippen LogP contribution in [0.5, 0.6) is 0 Å². The van der Waals surface area contributed by atoms with Crippen LogP contribution in [-0.2, 0) is 11.3 Å². The molecule has 1 fully saturated rings. The molecular formula is C19H19ClN6O2. The number of hydrogen-bond donors (Lipinski definition) is 1. The zero-order chi connectivity index (χ0) is 19.3. The second-order valence-corrected chi connectivity index (χ2v) is 6.68. The largest absolute Gasteiger partial charge is 0.378 e. The quantitative estimate of drug-likeness (QED) is 0.708. The molecule has 0 radical (unpaired) electrons. The lowest BCUT2D eigenvalue weighted by Gasteiger charge is -2.27. The third-order valence-electron chi connectivity index (χ3n) is 4.45. The third-order valence-corrected chi connectivity index (χ3v) is 4.82. The van der Waals surface area contributed by atoms with Crippen LogP contribution >= 0.6 is 11.6 Å². The normalized spacial score (nSPS) is 14.1. The Morgan fingerprint density at radius 2 is 1.93 bits per heavy atom. The van der Waals surface area contributed by atoms with Crippen molar-refractivity contribution in [2.24, 2.45) is 0 Å². The number of hydrogen-bond acceptors (Lipinski definition) is 6. The van der Waals surface area contributed by atoms with Crippen molar-refractivity contribution in [1.29, 1.82) is 0 Å². The van der Waals surface area contributed by atoms with Crippen molar-refractivity contribution in [3.05, 3.63) is 65.5 Å². The Bertz CT molecular complexity index is 970. The van der Waals surface area contributed by atoms with Crippen LogP contribution in [0, 0.1) is 0 Å². The van der Waals surface area contributed by atoms with Gasteiger partial charge in [0.05, 0.1) is 13.2 Å². The van der Waals surface area contributed by atoms with E-state index in [9.17, 15) is 4.79 Å². The van der Waals surface area contributed by atoms with Gasteiger partial charge in [-0.2, -0.15) is 0 Å². The molecule has 9 heteroatoms. The highest BCUT2D eigenvalue weighted by molar-refractivity contribution is 6.31. The van der Waals surface area contributed by atoms with Gasteiger partial charge in [0.25, 0.3) is 5.91 Å². The van der Waals surface area contributed by atoms with Gasteiger partial charge in [0, 0.05) is 36.9 Å². The van der Waals surface area contributed by atoms with Crippen LogP contribution < -0.4 is 10.2 Å². The number of nitrogens with one attached hydrogen (secondary N) is 1. The second-order valence-electron chi connectivity index (χ2n) is 6.27. The Morgan fingerprint density at radius 1 is 1.14 bits per heavy atom. The predicted molar refractivity (Wildman–Crippen MR) is 105 cm³/mol. The molecule has 1 aliphatic rings. The molecule has 4 rings (SSSR count). The van der Waals surface area contributed by atoms with E-state index in [1.165, 1.54) is 6.33 Å². The lowest BCUT2D eigenvalue weighted by atomic mass is 10.2. The SMILES string of the molecule is O=C(NCc1ccccc1Cl)c1cn(-c2cc(N3CCOCC3)ncn2)cn1. The van der Waals surface area contributed by atoms with Gasteiger partial charge >= 0.3 is 0 Å². The molecular weight excluding hydrogens is 380 g/mol. The summed E-state index contributed by atoms with van der Waals surface area (Å²) >= 11 is 6.12. The fourth-order valence-corrected chi connectivity index (χ4v) is 3.12. The van der Waals surface area contributed by atoms with E-state index in [1.807, 2.05) is 24.3 Å². The summed E-state index contributed by atoms with van der Waals surface area (Å²) in [6, 6.07) is 9.26. The van der Waals surface area contributed by atoms with Gasteiger partial charge < -0.3 is 15.0 Å². The second kappa shape index (κ2) is 8.37. The van der Waals surface area contributed by atoms with E-state index in [-0.39, 0.29) is 5.91 Å². The number of halogens is 1. The van der Waals surface area contributed by atoms with Crippen molar-refractivity contribution >= 4 is 23.3 Å². The van der Waals surface area contributed by atoms with Crippen molar-refractivity contribution in [3.8, 4) is 5.82 Å². The summed E-state index contributed by atoms with van der Waals surface area (Å²) in [5.74, 6) is 1.20. The molecule has 8 nitrogen and oxygen atoms in total. The molecule has 28 heavy (non-hydrogen) atoms. The molecule has 0 unspecified atom stereocenters. The van der Waals surface area contributed by atoms with Crippen molar-refractivity contribution in [1.82, 2.24) is 24.8 Å². The van der Waals surface area contributed by atoms with E-state index in [0.717, 1.165) is 24.5 Å². The maximum Gasteiger partial charge on any atom is 0.271 e. The van der Waals surface area contributed by atoms with Crippen molar-refractivity contribution in [3.63, 3.8) is 0 Å². The van der Waals surface area contributed by atoms with Crippen LogP contribution in [0.4, 0.5) is 5.82 Å². The molecule has 144 valence electrons. The first kappa shape index (κ1) is 18.4. The van der Waals surface area contributed by atoms with Crippen molar-refractivity contribution in [2.75, 3.05) is 31.2 Å². The average molecular weight is 399 g/mol. The van der Waals surface area contributed by atoms with Gasteiger partial charge in [0.2, 0.25) is 0 Å². The molecule has 1 saturated heterocycles. The molecule has 0 atom stereocenters. The Morgan fingerprint density at radius 3 is 2.75 bits per heavy atom. The molecule has 1 amide bonds. The highest BCUT2D eigenvalue weighted by Gasteiger charge is 2.15. The Kier molecular flexibility index (Phi) is 5.50. The molecule has 0 bridgehead atoms. The first-order chi connectivity index (χ1) is 13.7. The summed E-state index contributed by atoms with van der Waals surface area (Å²) in [6.07, 6.45) is 4.72. The Labute approximate surface area is 167 Å². The smallest absolute Gasteiger partial charge is 0.271 e. The lowest BCUT2D eigenvalue weighted by molar-refractivity contribution is 0.0946. The molecule has 3 heterocycles. The highest BCUT2D eigenvalue weighted by atomic mass is 35.5. The van der Waals surface area contributed by atoms with Gasteiger partial charge in [0.15, 0.2) is 0 Å². The van der Waals surface area contributed by atoms with E-state index >= 15 is 0 Å². The standard InChI is InChI=1S/C19H19ClN6O2/c20-15-4-2-1-3-14(15)10-21-19(27)16-11-26(13-24-16)18-9-17(22-12-23-18)25-5-7-28-8-6-25/h1-4,9,11-13H,5-8,10H2,(H,21,27). The van der Waals surface area contributed by atoms with Gasteiger partial charge in [-0.05, 0) is 11.6 Å². The van der Waals surface area contributed by atoms with Gasteiger partial charge in [0.1, 0.15) is 30.0 Å². The molecule has 3 aromatic rings. The molecule has 1 aliphatic heterocycles. The molecule has 2 aromatic heterocycles. The van der Waals surface area contributed by atoms with Gasteiger partial charge in [-0.1, -0.05) is 29.8 Å². The third kappa shape index (κ3) is 4.13. The van der Waals surface area contributed by atoms with Crippen molar-refractivity contribution < 1.29 is 9.53 Å². The van der Waals surface area contributed by atoms with E-state index in [0.29, 0.717) is 36.3 Å². The molecule has 0 saturated carbocycles. The highest BCUT2D eigenvalue weighted by Crippen LogP contribution is 2.16. The lowest BCUT2D eigenvalue weighted by Crippen LogP contribution is -2.36. The molecule has 1 aromatic carbocycles. The van der Waals surface area contributed by atoms with Crippen LogP contribution in [0.25, 0.3) is 5.82 Å². The molecule has 0 spiro atoms.